The van der Waals surface area contributed by atoms with Gasteiger partial charge in [-0.25, -0.2) is 4.79 Å². The molecular weight excluding hydrogens is 372 g/mol. The van der Waals surface area contributed by atoms with Gasteiger partial charge in [-0.2, -0.15) is 0 Å². The topological polar surface area (TPSA) is 46.5 Å². The van der Waals surface area contributed by atoms with Gasteiger partial charge in [-0.1, -0.05) is 71.4 Å². The molecule has 1 rings (SSSR count). The fourth-order valence-corrected chi connectivity index (χ4v) is 2.95. The molecule has 30 heavy (non-hydrogen) atoms. The quantitative estimate of drug-likeness (QED) is 0.197. The first-order valence-electron chi connectivity index (χ1n) is 10.9. The molecule has 0 aliphatic heterocycles. The van der Waals surface area contributed by atoms with Crippen molar-refractivity contribution in [3.8, 4) is 0 Å². The number of benzene rings is 1. The van der Waals surface area contributed by atoms with Crippen LogP contribution in [0.2, 0.25) is 0 Å². The van der Waals surface area contributed by atoms with Gasteiger partial charge in [-0.3, -0.25) is 0 Å². The zero-order valence-corrected chi connectivity index (χ0v) is 19.1. The maximum atomic E-state index is 10.8. The van der Waals surface area contributed by atoms with Crippen LogP contribution < -0.4 is 0 Å². The summed E-state index contributed by atoms with van der Waals surface area (Å²) in [5.74, 6) is -0.831. The molecule has 1 N–H and O–H groups in total. The Bertz CT molecular complexity index is 752. The molecule has 0 spiro atoms. The first-order valence-corrected chi connectivity index (χ1v) is 10.9. The van der Waals surface area contributed by atoms with E-state index in [4.69, 9.17) is 9.84 Å². The van der Waals surface area contributed by atoms with Gasteiger partial charge in [0.05, 0.1) is 13.2 Å². The van der Waals surface area contributed by atoms with E-state index in [-0.39, 0.29) is 0 Å². The van der Waals surface area contributed by atoms with Gasteiger partial charge in [0.25, 0.3) is 0 Å². The number of hydrogen-bond donors (Lipinski definition) is 1. The van der Waals surface area contributed by atoms with Crippen LogP contribution in [0.25, 0.3) is 0 Å². The Balaban J connectivity index is 2.20. The fourth-order valence-electron chi connectivity index (χ4n) is 2.95. The van der Waals surface area contributed by atoms with Gasteiger partial charge in [-0.05, 0) is 71.8 Å². The molecule has 0 unspecified atom stereocenters. The van der Waals surface area contributed by atoms with E-state index in [9.17, 15) is 4.79 Å². The minimum atomic E-state index is -0.831. The van der Waals surface area contributed by atoms with Crippen LogP contribution in [0.3, 0.4) is 0 Å². The summed E-state index contributed by atoms with van der Waals surface area (Å²) < 4.78 is 5.72. The number of carboxylic acid groups (broad SMARTS) is 1. The molecule has 0 aliphatic rings. The minimum Gasteiger partial charge on any atom is -0.478 e. The largest absolute Gasteiger partial charge is 0.478 e. The van der Waals surface area contributed by atoms with Crippen LogP contribution in [-0.4, -0.2) is 17.7 Å². The van der Waals surface area contributed by atoms with Crippen LogP contribution in [0.15, 0.2) is 76.9 Å². The Kier molecular flexibility index (Phi) is 13.2. The van der Waals surface area contributed by atoms with Crippen molar-refractivity contribution in [1.29, 1.82) is 0 Å². The molecule has 3 heteroatoms. The van der Waals surface area contributed by atoms with Gasteiger partial charge in [-0.15, -0.1) is 0 Å². The molecule has 0 aliphatic carbocycles. The van der Waals surface area contributed by atoms with Gasteiger partial charge < -0.3 is 9.84 Å². The van der Waals surface area contributed by atoms with E-state index in [1.807, 2.05) is 18.2 Å². The highest BCUT2D eigenvalue weighted by Crippen LogP contribution is 2.13. The summed E-state index contributed by atoms with van der Waals surface area (Å²) in [4.78, 5) is 10.8. The van der Waals surface area contributed by atoms with E-state index < -0.39 is 5.97 Å². The summed E-state index contributed by atoms with van der Waals surface area (Å²) in [6, 6.07) is 10.2. The van der Waals surface area contributed by atoms with Crippen molar-refractivity contribution >= 4 is 5.97 Å². The minimum absolute atomic E-state index is 0.425. The number of ether oxygens (including phenoxy) is 1. The second kappa shape index (κ2) is 15.4. The van der Waals surface area contributed by atoms with Gasteiger partial charge >= 0.3 is 5.97 Å². The molecule has 164 valence electrons. The number of aliphatic carboxylic acids is 1. The smallest absolute Gasteiger partial charge is 0.330 e. The Morgan fingerprint density at radius 3 is 1.83 bits per heavy atom. The molecule has 0 bridgehead atoms. The summed E-state index contributed by atoms with van der Waals surface area (Å²) in [6.07, 6.45) is 14.5. The number of carboxylic acids is 1. The standard InChI is InChI=1S/C27H38O3/c1-22(11-8-12-23(2)15-10-16-25(4)27(28)29)13-9-14-24(3)19-20-30-21-26-17-6-5-7-18-26/h5-7,12-13,16-19H,8-11,14-15,20-21H2,1-4H3,(H,28,29). The summed E-state index contributed by atoms with van der Waals surface area (Å²) in [7, 11) is 0. The number of allylic oxidation sites excluding steroid dienone is 6. The Labute approximate surface area is 182 Å². The normalized spacial score (nSPS) is 13.6. The van der Waals surface area contributed by atoms with Gasteiger partial charge in [0, 0.05) is 5.57 Å². The first-order chi connectivity index (χ1) is 14.4. The third kappa shape index (κ3) is 12.9. The van der Waals surface area contributed by atoms with Gasteiger partial charge in [0.1, 0.15) is 0 Å². The molecule has 0 amide bonds. The van der Waals surface area contributed by atoms with Crippen molar-refractivity contribution < 1.29 is 14.6 Å². The van der Waals surface area contributed by atoms with E-state index in [0.717, 1.165) is 38.5 Å². The molecule has 0 fully saturated rings. The second-order valence-corrected chi connectivity index (χ2v) is 7.96. The second-order valence-electron chi connectivity index (χ2n) is 7.96. The van der Waals surface area contributed by atoms with Crippen molar-refractivity contribution in [1.82, 2.24) is 0 Å². The molecule has 0 saturated carbocycles. The zero-order chi connectivity index (χ0) is 22.2. The lowest BCUT2D eigenvalue weighted by Gasteiger charge is -2.04. The van der Waals surface area contributed by atoms with Crippen LogP contribution in [-0.2, 0) is 16.1 Å². The highest BCUT2D eigenvalue weighted by Gasteiger charge is 1.98. The van der Waals surface area contributed by atoms with Crippen LogP contribution in [0.1, 0.15) is 71.8 Å². The third-order valence-corrected chi connectivity index (χ3v) is 5.05. The molecule has 1 aromatic rings. The monoisotopic (exact) mass is 410 g/mol. The van der Waals surface area contributed by atoms with Crippen LogP contribution >= 0.6 is 0 Å². The number of rotatable bonds is 14. The van der Waals surface area contributed by atoms with E-state index in [1.165, 1.54) is 22.3 Å². The van der Waals surface area contributed by atoms with E-state index in [1.54, 1.807) is 13.0 Å². The Morgan fingerprint density at radius 1 is 0.800 bits per heavy atom. The van der Waals surface area contributed by atoms with Crippen LogP contribution in [0.4, 0.5) is 0 Å². The highest BCUT2D eigenvalue weighted by molar-refractivity contribution is 5.85. The van der Waals surface area contributed by atoms with E-state index >= 15 is 0 Å². The molecule has 0 aromatic heterocycles. The molecule has 0 saturated heterocycles. The fraction of sp³-hybridized carbons (Fsp3) is 0.444. The highest BCUT2D eigenvalue weighted by atomic mass is 16.5. The zero-order valence-electron chi connectivity index (χ0n) is 19.1. The Morgan fingerprint density at radius 2 is 1.30 bits per heavy atom. The molecule has 0 atom stereocenters. The van der Waals surface area contributed by atoms with Gasteiger partial charge in [0.15, 0.2) is 0 Å². The molecule has 1 aromatic carbocycles. The van der Waals surface area contributed by atoms with Crippen LogP contribution in [0, 0.1) is 0 Å². The van der Waals surface area contributed by atoms with E-state index in [2.05, 4.69) is 51.1 Å². The van der Waals surface area contributed by atoms with Crippen molar-refractivity contribution in [2.24, 2.45) is 0 Å². The lowest BCUT2D eigenvalue weighted by molar-refractivity contribution is -0.132. The summed E-state index contributed by atoms with van der Waals surface area (Å²) >= 11 is 0. The maximum absolute atomic E-state index is 10.8. The van der Waals surface area contributed by atoms with Gasteiger partial charge in [0.2, 0.25) is 0 Å². The van der Waals surface area contributed by atoms with Crippen molar-refractivity contribution in [2.45, 2.75) is 72.8 Å². The summed E-state index contributed by atoms with van der Waals surface area (Å²) in [6.45, 7) is 9.45. The molecule has 0 heterocycles. The third-order valence-electron chi connectivity index (χ3n) is 5.05. The van der Waals surface area contributed by atoms with E-state index in [0.29, 0.717) is 18.8 Å². The molecular formula is C27H38O3. The Hall–Kier alpha value is -2.39. The summed E-state index contributed by atoms with van der Waals surface area (Å²) in [5.41, 5.74) is 5.75. The predicted molar refractivity (Wildman–Crippen MR) is 126 cm³/mol. The van der Waals surface area contributed by atoms with Crippen molar-refractivity contribution in [2.75, 3.05) is 6.61 Å². The lowest BCUT2D eigenvalue weighted by atomic mass is 10.0. The SMILES string of the molecule is CC(=CCCC(C)=CCOCc1ccccc1)CCC=C(C)CCC=C(C)C(=O)O. The molecule has 0 radical (unpaired) electrons. The molecule has 3 nitrogen and oxygen atoms in total. The lowest BCUT2D eigenvalue weighted by Crippen LogP contribution is -1.95. The predicted octanol–water partition coefficient (Wildman–Crippen LogP) is 7.41. The maximum Gasteiger partial charge on any atom is 0.330 e. The number of carbonyl (C=O) groups is 1. The first kappa shape index (κ1) is 25.6. The average molecular weight is 411 g/mol. The van der Waals surface area contributed by atoms with Crippen molar-refractivity contribution in [3.63, 3.8) is 0 Å². The summed E-state index contributed by atoms with van der Waals surface area (Å²) in [5, 5.41) is 8.85. The average Bonchev–Trinajstić information content (AvgIpc) is 2.72. The van der Waals surface area contributed by atoms with Crippen molar-refractivity contribution in [3.05, 3.63) is 82.5 Å². The number of hydrogen-bond acceptors (Lipinski definition) is 2. The van der Waals surface area contributed by atoms with Crippen LogP contribution in [0.5, 0.6) is 0 Å².